The summed E-state index contributed by atoms with van der Waals surface area (Å²) >= 11 is 0. The largest absolute Gasteiger partial charge is 0.465 e. The Hall–Kier alpha value is -2.30. The van der Waals surface area contributed by atoms with E-state index in [1.165, 1.54) is 25.4 Å². The number of hydrogen-bond acceptors (Lipinski definition) is 4. The molecule has 0 fully saturated rings. The second-order valence-electron chi connectivity index (χ2n) is 4.65. The summed E-state index contributed by atoms with van der Waals surface area (Å²) in [7, 11) is 1.32. The fourth-order valence-corrected chi connectivity index (χ4v) is 1.84. The summed E-state index contributed by atoms with van der Waals surface area (Å²) in [6.45, 7) is 3.87. The second kappa shape index (κ2) is 5.77. The van der Waals surface area contributed by atoms with Gasteiger partial charge in [-0.25, -0.2) is 19.2 Å². The number of carbonyl (C=O) groups excluding carboxylic acids is 1. The third-order valence-corrected chi connectivity index (χ3v) is 2.87. The van der Waals surface area contributed by atoms with Gasteiger partial charge in [-0.2, -0.15) is 0 Å². The Morgan fingerprint density at radius 1 is 1.25 bits per heavy atom. The average Bonchev–Trinajstić information content (AvgIpc) is 2.46. The summed E-state index contributed by atoms with van der Waals surface area (Å²) < 4.78 is 17.6. The summed E-state index contributed by atoms with van der Waals surface area (Å²) in [5.74, 6) is -0.268. The van der Waals surface area contributed by atoms with Crippen LogP contribution in [0.15, 0.2) is 30.5 Å². The third-order valence-electron chi connectivity index (χ3n) is 2.87. The summed E-state index contributed by atoms with van der Waals surface area (Å²) in [5, 5.41) is 0. The van der Waals surface area contributed by atoms with Crippen molar-refractivity contribution in [2.24, 2.45) is 0 Å². The van der Waals surface area contributed by atoms with E-state index in [2.05, 4.69) is 9.97 Å². The van der Waals surface area contributed by atoms with Crippen molar-refractivity contribution in [2.75, 3.05) is 7.11 Å². The normalized spacial score (nSPS) is 10.7. The van der Waals surface area contributed by atoms with E-state index in [0.717, 1.165) is 0 Å². The maximum atomic E-state index is 12.9. The van der Waals surface area contributed by atoms with Gasteiger partial charge >= 0.3 is 5.97 Å². The number of ether oxygens (including phenoxy) is 1. The van der Waals surface area contributed by atoms with E-state index in [-0.39, 0.29) is 11.7 Å². The van der Waals surface area contributed by atoms with E-state index in [4.69, 9.17) is 4.74 Å². The first-order valence-corrected chi connectivity index (χ1v) is 6.24. The highest BCUT2D eigenvalue weighted by atomic mass is 19.1. The maximum absolute atomic E-state index is 12.9. The van der Waals surface area contributed by atoms with Crippen molar-refractivity contribution in [3.8, 4) is 11.4 Å². The lowest BCUT2D eigenvalue weighted by atomic mass is 10.0. The molecule has 1 aromatic carbocycles. The molecule has 1 aromatic heterocycles. The highest BCUT2D eigenvalue weighted by Crippen LogP contribution is 2.22. The van der Waals surface area contributed by atoms with Crippen molar-refractivity contribution < 1.29 is 13.9 Å². The fourth-order valence-electron chi connectivity index (χ4n) is 1.84. The van der Waals surface area contributed by atoms with Crippen molar-refractivity contribution >= 4 is 5.97 Å². The summed E-state index contributed by atoms with van der Waals surface area (Å²) in [6.07, 6.45) is 1.45. The highest BCUT2D eigenvalue weighted by Gasteiger charge is 2.18. The van der Waals surface area contributed by atoms with Crippen LogP contribution in [0.1, 0.15) is 35.8 Å². The third kappa shape index (κ3) is 2.82. The number of carbonyl (C=O) groups is 1. The summed E-state index contributed by atoms with van der Waals surface area (Å²) in [4.78, 5) is 20.2. The Bertz CT molecular complexity index is 624. The molecule has 2 aromatic rings. The zero-order valence-electron chi connectivity index (χ0n) is 11.6. The summed E-state index contributed by atoms with van der Waals surface area (Å²) in [5.41, 5.74) is 1.67. The molecule has 0 unspecified atom stereocenters. The predicted octanol–water partition coefficient (Wildman–Crippen LogP) is 3.19. The first-order chi connectivity index (χ1) is 9.52. The van der Waals surface area contributed by atoms with Crippen molar-refractivity contribution in [1.82, 2.24) is 9.97 Å². The number of methoxy groups -OCH3 is 1. The Labute approximate surface area is 116 Å². The number of aromatic nitrogens is 2. The van der Waals surface area contributed by atoms with Gasteiger partial charge in [-0.3, -0.25) is 0 Å². The van der Waals surface area contributed by atoms with Gasteiger partial charge in [0.05, 0.1) is 18.4 Å². The molecule has 0 amide bonds. The number of benzene rings is 1. The molecule has 104 valence electrons. The van der Waals surface area contributed by atoms with E-state index in [1.807, 2.05) is 13.8 Å². The van der Waals surface area contributed by atoms with Gasteiger partial charge in [-0.15, -0.1) is 0 Å². The number of halogens is 1. The van der Waals surface area contributed by atoms with Crippen LogP contribution in [0.5, 0.6) is 0 Å². The summed E-state index contributed by atoms with van der Waals surface area (Å²) in [6, 6.07) is 5.91. The molecule has 0 atom stereocenters. The van der Waals surface area contributed by atoms with Crippen molar-refractivity contribution in [1.29, 1.82) is 0 Å². The molecule has 1 heterocycles. The molecule has 4 nitrogen and oxygen atoms in total. The van der Waals surface area contributed by atoms with Crippen LogP contribution in [-0.4, -0.2) is 23.0 Å². The van der Waals surface area contributed by atoms with Gasteiger partial charge in [0, 0.05) is 11.8 Å². The van der Waals surface area contributed by atoms with E-state index in [0.29, 0.717) is 22.6 Å². The predicted molar refractivity (Wildman–Crippen MR) is 72.9 cm³/mol. The molecule has 0 saturated heterocycles. The van der Waals surface area contributed by atoms with Crippen LogP contribution in [0.4, 0.5) is 4.39 Å². The van der Waals surface area contributed by atoms with Gasteiger partial charge in [0.1, 0.15) is 5.82 Å². The molecule has 0 bridgehead atoms. The SMILES string of the molecule is COC(=O)c1cnc(-c2ccc(F)cc2)nc1C(C)C. The second-order valence-corrected chi connectivity index (χ2v) is 4.65. The van der Waals surface area contributed by atoms with Crippen molar-refractivity contribution in [2.45, 2.75) is 19.8 Å². The Kier molecular flexibility index (Phi) is 4.08. The quantitative estimate of drug-likeness (QED) is 0.806. The van der Waals surface area contributed by atoms with Crippen LogP contribution in [0, 0.1) is 5.82 Å². The maximum Gasteiger partial charge on any atom is 0.341 e. The molecule has 2 rings (SSSR count). The monoisotopic (exact) mass is 274 g/mol. The molecular formula is C15H15FN2O2. The molecule has 0 N–H and O–H groups in total. The van der Waals surface area contributed by atoms with Gasteiger partial charge in [0.15, 0.2) is 5.82 Å². The minimum atomic E-state index is -0.459. The fraction of sp³-hybridized carbons (Fsp3) is 0.267. The Morgan fingerprint density at radius 2 is 1.90 bits per heavy atom. The molecule has 0 radical (unpaired) electrons. The molecule has 0 aliphatic carbocycles. The zero-order chi connectivity index (χ0) is 14.7. The van der Waals surface area contributed by atoms with E-state index < -0.39 is 5.97 Å². The molecule has 0 aliphatic rings. The smallest absolute Gasteiger partial charge is 0.341 e. The van der Waals surface area contributed by atoms with Gasteiger partial charge in [0.25, 0.3) is 0 Å². The number of nitrogens with zero attached hydrogens (tertiary/aromatic N) is 2. The van der Waals surface area contributed by atoms with E-state index in [1.54, 1.807) is 12.1 Å². The van der Waals surface area contributed by atoms with Crippen LogP contribution in [0.3, 0.4) is 0 Å². The van der Waals surface area contributed by atoms with Gasteiger partial charge < -0.3 is 4.74 Å². The molecule has 5 heteroatoms. The lowest BCUT2D eigenvalue weighted by Crippen LogP contribution is -2.10. The van der Waals surface area contributed by atoms with Crippen LogP contribution in [0.2, 0.25) is 0 Å². The number of esters is 1. The van der Waals surface area contributed by atoms with Crippen LogP contribution < -0.4 is 0 Å². The van der Waals surface area contributed by atoms with Crippen LogP contribution in [-0.2, 0) is 4.74 Å². The zero-order valence-corrected chi connectivity index (χ0v) is 11.6. The van der Waals surface area contributed by atoms with Gasteiger partial charge in [-0.1, -0.05) is 13.8 Å². The van der Waals surface area contributed by atoms with Crippen LogP contribution >= 0.6 is 0 Å². The lowest BCUT2D eigenvalue weighted by Gasteiger charge is -2.11. The molecule has 0 aliphatic heterocycles. The van der Waals surface area contributed by atoms with Gasteiger partial charge in [-0.05, 0) is 30.2 Å². The van der Waals surface area contributed by atoms with Crippen molar-refractivity contribution in [3.63, 3.8) is 0 Å². The van der Waals surface area contributed by atoms with E-state index in [9.17, 15) is 9.18 Å². The van der Waals surface area contributed by atoms with Crippen LogP contribution in [0.25, 0.3) is 11.4 Å². The Morgan fingerprint density at radius 3 is 2.45 bits per heavy atom. The minimum Gasteiger partial charge on any atom is -0.465 e. The molecule has 0 saturated carbocycles. The van der Waals surface area contributed by atoms with E-state index >= 15 is 0 Å². The topological polar surface area (TPSA) is 52.1 Å². The molecule has 0 spiro atoms. The standard InChI is InChI=1S/C15H15FN2O2/c1-9(2)13-12(15(19)20-3)8-17-14(18-13)10-4-6-11(16)7-5-10/h4-9H,1-3H3. The number of rotatable bonds is 3. The first kappa shape index (κ1) is 14.1. The molecular weight excluding hydrogens is 259 g/mol. The molecule has 20 heavy (non-hydrogen) atoms. The average molecular weight is 274 g/mol. The van der Waals surface area contributed by atoms with Crippen molar-refractivity contribution in [3.05, 3.63) is 47.5 Å². The minimum absolute atomic E-state index is 0.0475. The lowest BCUT2D eigenvalue weighted by molar-refractivity contribution is 0.0598. The number of hydrogen-bond donors (Lipinski definition) is 0. The first-order valence-electron chi connectivity index (χ1n) is 6.24. The Balaban J connectivity index is 2.50. The highest BCUT2D eigenvalue weighted by molar-refractivity contribution is 5.90. The van der Waals surface area contributed by atoms with Gasteiger partial charge in [0.2, 0.25) is 0 Å².